The summed E-state index contributed by atoms with van der Waals surface area (Å²) in [7, 11) is -8.15. The monoisotopic (exact) mass is 498 g/mol. The second-order valence-corrected chi connectivity index (χ2v) is 23.2. The third kappa shape index (κ3) is 5.76. The Morgan fingerprint density at radius 1 is 0.844 bits per heavy atom. The van der Waals surface area contributed by atoms with Crippen molar-refractivity contribution in [2.75, 3.05) is 0 Å². The quantitative estimate of drug-likeness (QED) is 0.419. The van der Waals surface area contributed by atoms with E-state index >= 15 is 0 Å². The fourth-order valence-corrected chi connectivity index (χ4v) is 6.89. The highest BCUT2D eigenvalue weighted by atomic mass is 32.2. The minimum absolute atomic E-state index is 0.00828. The van der Waals surface area contributed by atoms with Crippen LogP contribution in [0.1, 0.15) is 48.5 Å². The van der Waals surface area contributed by atoms with Crippen LogP contribution in [0.25, 0.3) is 0 Å². The van der Waals surface area contributed by atoms with Crippen LogP contribution in [0.15, 0.2) is 46.4 Å². The van der Waals surface area contributed by atoms with Crippen LogP contribution in [0.2, 0.25) is 36.3 Å². The fourth-order valence-electron chi connectivity index (χ4n) is 2.95. The van der Waals surface area contributed by atoms with Crippen LogP contribution in [-0.4, -0.2) is 43.4 Å². The second kappa shape index (κ2) is 9.02. The minimum Gasteiger partial charge on any atom is -0.477 e. The number of ether oxygens (including phenoxy) is 1. The van der Waals surface area contributed by atoms with Crippen molar-refractivity contribution in [1.82, 2.24) is 0 Å². The lowest BCUT2D eigenvalue weighted by Gasteiger charge is -2.47. The van der Waals surface area contributed by atoms with Gasteiger partial charge in [-0.15, -0.1) is 0 Å². The molecule has 0 fully saturated rings. The summed E-state index contributed by atoms with van der Waals surface area (Å²) in [5.41, 5.74) is 0. The normalized spacial score (nSPS) is 23.5. The van der Waals surface area contributed by atoms with Crippen LogP contribution in [-0.2, 0) is 23.4 Å². The van der Waals surface area contributed by atoms with Crippen LogP contribution in [0.4, 0.5) is 0 Å². The minimum atomic E-state index is -3.78. The predicted molar refractivity (Wildman–Crippen MR) is 136 cm³/mol. The molecule has 32 heavy (non-hydrogen) atoms. The Labute approximate surface area is 197 Å². The summed E-state index contributed by atoms with van der Waals surface area (Å²) in [6.45, 7) is 23.7. The highest BCUT2D eigenvalue weighted by Gasteiger charge is 2.48. The van der Waals surface area contributed by atoms with Crippen molar-refractivity contribution in [2.24, 2.45) is 0 Å². The van der Waals surface area contributed by atoms with Gasteiger partial charge in [0.05, 0.1) is 11.0 Å². The van der Waals surface area contributed by atoms with E-state index in [2.05, 4.69) is 67.7 Å². The van der Waals surface area contributed by atoms with Gasteiger partial charge < -0.3 is 13.6 Å². The van der Waals surface area contributed by atoms with Crippen LogP contribution in [0.5, 0.6) is 0 Å². The van der Waals surface area contributed by atoms with Crippen LogP contribution in [0, 0.1) is 0 Å². The third-order valence-electron chi connectivity index (χ3n) is 7.18. The molecule has 2 rings (SSSR count). The molecule has 182 valence electrons. The van der Waals surface area contributed by atoms with Gasteiger partial charge in [-0.25, -0.2) is 8.42 Å². The molecule has 1 heterocycles. The van der Waals surface area contributed by atoms with E-state index in [0.29, 0.717) is 0 Å². The summed E-state index contributed by atoms with van der Waals surface area (Å²) >= 11 is 0. The zero-order valence-corrected chi connectivity index (χ0v) is 24.5. The van der Waals surface area contributed by atoms with Crippen molar-refractivity contribution in [1.29, 1.82) is 0 Å². The third-order valence-corrected chi connectivity index (χ3v) is 17.8. The Morgan fingerprint density at radius 3 is 1.78 bits per heavy atom. The predicted octanol–water partition coefficient (Wildman–Crippen LogP) is 6.50. The molecule has 5 nitrogen and oxygen atoms in total. The lowest BCUT2D eigenvalue weighted by molar-refractivity contribution is -0.0463. The average molecular weight is 499 g/mol. The topological polar surface area (TPSA) is 61.8 Å². The molecule has 0 N–H and O–H groups in total. The second-order valence-electron chi connectivity index (χ2n) is 11.8. The number of sulfone groups is 1. The molecular weight excluding hydrogens is 456 g/mol. The van der Waals surface area contributed by atoms with Gasteiger partial charge in [0.2, 0.25) is 14.9 Å². The first-order valence-corrected chi connectivity index (χ1v) is 18.6. The van der Waals surface area contributed by atoms with Gasteiger partial charge in [0.1, 0.15) is 12.2 Å². The smallest absolute Gasteiger partial charge is 0.238 e. The van der Waals surface area contributed by atoms with Crippen LogP contribution < -0.4 is 0 Å². The van der Waals surface area contributed by atoms with Gasteiger partial charge in [-0.1, -0.05) is 59.7 Å². The summed E-state index contributed by atoms with van der Waals surface area (Å²) in [5, 5.41) is -0.0634. The van der Waals surface area contributed by atoms with Crippen molar-refractivity contribution in [2.45, 2.75) is 108 Å². The van der Waals surface area contributed by atoms with E-state index in [9.17, 15) is 8.42 Å². The van der Waals surface area contributed by atoms with E-state index in [1.54, 1.807) is 36.4 Å². The first-order chi connectivity index (χ1) is 14.3. The zero-order chi connectivity index (χ0) is 24.8. The van der Waals surface area contributed by atoms with Gasteiger partial charge in [0.15, 0.2) is 16.6 Å². The molecule has 3 atom stereocenters. The van der Waals surface area contributed by atoms with Gasteiger partial charge in [0, 0.05) is 6.08 Å². The van der Waals surface area contributed by atoms with Crippen LogP contribution >= 0.6 is 0 Å². The van der Waals surface area contributed by atoms with E-state index in [-0.39, 0.29) is 26.2 Å². The van der Waals surface area contributed by atoms with Gasteiger partial charge in [0.25, 0.3) is 0 Å². The summed E-state index contributed by atoms with van der Waals surface area (Å²) in [6.07, 6.45) is 0.306. The molecule has 0 aliphatic carbocycles. The number of hydrogen-bond donors (Lipinski definition) is 0. The molecule has 1 aromatic rings. The molecule has 0 aromatic heterocycles. The van der Waals surface area contributed by atoms with Gasteiger partial charge in [-0.2, -0.15) is 0 Å². The van der Waals surface area contributed by atoms with E-state index < -0.39 is 38.7 Å². The van der Waals surface area contributed by atoms with Crippen molar-refractivity contribution in [3.8, 4) is 0 Å². The Hall–Kier alpha value is -0.936. The van der Waals surface area contributed by atoms with Gasteiger partial charge >= 0.3 is 0 Å². The van der Waals surface area contributed by atoms with E-state index in [1.165, 1.54) is 0 Å². The zero-order valence-electron chi connectivity index (χ0n) is 21.6. The van der Waals surface area contributed by atoms with Crippen molar-refractivity contribution in [3.05, 3.63) is 41.5 Å². The fraction of sp³-hybridized carbons (Fsp3) is 0.667. The van der Waals surface area contributed by atoms with Crippen molar-refractivity contribution < 1.29 is 22.0 Å². The average Bonchev–Trinajstić information content (AvgIpc) is 2.62. The van der Waals surface area contributed by atoms with Gasteiger partial charge in [-0.3, -0.25) is 0 Å². The molecule has 0 bridgehead atoms. The number of rotatable bonds is 6. The molecule has 0 saturated heterocycles. The Balaban J connectivity index is 2.54. The molecular formula is C24H42O5SSi2. The molecule has 0 radical (unpaired) electrons. The van der Waals surface area contributed by atoms with E-state index in [4.69, 9.17) is 13.6 Å². The molecule has 8 heteroatoms. The molecule has 1 aliphatic heterocycles. The molecule has 0 spiro atoms. The maximum atomic E-state index is 13.3. The van der Waals surface area contributed by atoms with Crippen molar-refractivity contribution in [3.63, 3.8) is 0 Å². The summed E-state index contributed by atoms with van der Waals surface area (Å²) < 4.78 is 46.2. The maximum Gasteiger partial charge on any atom is 0.238 e. The Bertz CT molecular complexity index is 925. The first kappa shape index (κ1) is 27.3. The highest BCUT2D eigenvalue weighted by Crippen LogP contribution is 2.43. The maximum absolute atomic E-state index is 13.3. The van der Waals surface area contributed by atoms with E-state index in [0.717, 1.165) is 0 Å². The lowest BCUT2D eigenvalue weighted by atomic mass is 10.1. The molecule has 0 saturated carbocycles. The largest absolute Gasteiger partial charge is 0.477 e. The molecule has 0 amide bonds. The summed E-state index contributed by atoms with van der Waals surface area (Å²) in [6, 6.07) is 8.40. The van der Waals surface area contributed by atoms with Crippen molar-refractivity contribution >= 4 is 26.5 Å². The first-order valence-electron chi connectivity index (χ1n) is 11.3. The summed E-state index contributed by atoms with van der Waals surface area (Å²) in [5.74, 6) is 0. The lowest BCUT2D eigenvalue weighted by Crippen LogP contribution is -2.56. The standard InChI is InChI=1S/C24H42O5SSi2/c1-18-22(29-32(10,11)24(5,6)7)20(28-31(8,9)23(2,3)4)17-21(27-18)30(25,26)19-15-13-12-14-16-19/h12-18,20,22H,1-11H3/t18-,20-,22-/m0/s1. The Morgan fingerprint density at radius 2 is 1.31 bits per heavy atom. The number of benzene rings is 1. The molecule has 1 aromatic carbocycles. The molecule has 0 unspecified atom stereocenters. The Kier molecular flexibility index (Phi) is 7.70. The summed E-state index contributed by atoms with van der Waals surface area (Å²) in [4.78, 5) is 0.216. The highest BCUT2D eigenvalue weighted by molar-refractivity contribution is 7.95. The van der Waals surface area contributed by atoms with E-state index in [1.807, 2.05) is 6.92 Å². The molecule has 1 aliphatic rings. The SMILES string of the molecule is C[C@@H]1OC(S(=O)(=O)c2ccccc2)=C[C@H](O[Si](C)(C)C(C)(C)C)[C@H]1O[Si](C)(C)C(C)(C)C. The van der Waals surface area contributed by atoms with Crippen LogP contribution in [0.3, 0.4) is 0 Å². The number of hydrogen-bond acceptors (Lipinski definition) is 5. The van der Waals surface area contributed by atoms with Gasteiger partial charge in [-0.05, 0) is 55.3 Å².